The SMILES string of the molecule is CCCCCOc1ccc(/C(O)=C2/C(=O)C(=O)N(c3ccc(OCc4ccccc4)cc3)C2c2ccccn2)cc1. The molecule has 4 aromatic rings. The summed E-state index contributed by atoms with van der Waals surface area (Å²) >= 11 is 0. The van der Waals surface area contributed by atoms with E-state index in [-0.39, 0.29) is 11.3 Å². The number of aliphatic hydroxyl groups is 1. The highest BCUT2D eigenvalue weighted by Crippen LogP contribution is 2.42. The Morgan fingerprint density at radius 3 is 2.20 bits per heavy atom. The van der Waals surface area contributed by atoms with Crippen LogP contribution in [0.2, 0.25) is 0 Å². The minimum atomic E-state index is -0.905. The van der Waals surface area contributed by atoms with Crippen molar-refractivity contribution in [1.82, 2.24) is 4.98 Å². The first-order chi connectivity index (χ1) is 20.1. The molecule has 1 aromatic heterocycles. The van der Waals surface area contributed by atoms with Gasteiger partial charge in [-0.3, -0.25) is 19.5 Å². The molecular formula is C34H32N2O5. The Morgan fingerprint density at radius 1 is 0.829 bits per heavy atom. The highest BCUT2D eigenvalue weighted by Gasteiger charge is 2.47. The van der Waals surface area contributed by atoms with Crippen LogP contribution < -0.4 is 14.4 Å². The van der Waals surface area contributed by atoms with Crippen molar-refractivity contribution in [3.8, 4) is 11.5 Å². The van der Waals surface area contributed by atoms with E-state index in [1.165, 1.54) is 4.90 Å². The topological polar surface area (TPSA) is 89.0 Å². The Morgan fingerprint density at radius 2 is 1.51 bits per heavy atom. The summed E-state index contributed by atoms with van der Waals surface area (Å²) in [6.45, 7) is 3.15. The molecule has 41 heavy (non-hydrogen) atoms. The van der Waals surface area contributed by atoms with Crippen LogP contribution in [-0.2, 0) is 16.2 Å². The van der Waals surface area contributed by atoms with Gasteiger partial charge in [0.15, 0.2) is 0 Å². The fourth-order valence-electron chi connectivity index (χ4n) is 4.77. The predicted molar refractivity (Wildman–Crippen MR) is 158 cm³/mol. The van der Waals surface area contributed by atoms with Crippen LogP contribution in [0.5, 0.6) is 11.5 Å². The molecule has 1 N–H and O–H groups in total. The summed E-state index contributed by atoms with van der Waals surface area (Å²) < 4.78 is 11.7. The highest BCUT2D eigenvalue weighted by atomic mass is 16.5. The Hall–Kier alpha value is -4.91. The van der Waals surface area contributed by atoms with Crippen LogP contribution in [0.4, 0.5) is 5.69 Å². The third-order valence-electron chi connectivity index (χ3n) is 6.92. The molecule has 1 aliphatic rings. The van der Waals surface area contributed by atoms with Crippen molar-refractivity contribution in [3.63, 3.8) is 0 Å². The smallest absolute Gasteiger partial charge is 0.300 e. The van der Waals surface area contributed by atoms with Crippen molar-refractivity contribution in [3.05, 3.63) is 126 Å². The zero-order chi connectivity index (χ0) is 28.6. The van der Waals surface area contributed by atoms with Crippen molar-refractivity contribution >= 4 is 23.1 Å². The number of ketones is 1. The fourth-order valence-corrected chi connectivity index (χ4v) is 4.77. The molecule has 7 heteroatoms. The molecule has 0 spiro atoms. The van der Waals surface area contributed by atoms with Gasteiger partial charge in [-0.15, -0.1) is 0 Å². The molecule has 3 aromatic carbocycles. The Bertz CT molecular complexity index is 1500. The lowest BCUT2D eigenvalue weighted by Gasteiger charge is -2.24. The molecule has 0 radical (unpaired) electrons. The number of nitrogens with zero attached hydrogens (tertiary/aromatic N) is 2. The van der Waals surface area contributed by atoms with E-state index in [0.717, 1.165) is 24.8 Å². The van der Waals surface area contributed by atoms with Crippen LogP contribution in [0.15, 0.2) is 109 Å². The maximum Gasteiger partial charge on any atom is 0.300 e. The Labute approximate surface area is 239 Å². The molecule has 5 rings (SSSR count). The normalized spacial score (nSPS) is 16.1. The molecule has 1 amide bonds. The zero-order valence-corrected chi connectivity index (χ0v) is 22.9. The largest absolute Gasteiger partial charge is 0.507 e. The average molecular weight is 549 g/mol. The maximum atomic E-state index is 13.4. The Balaban J connectivity index is 1.43. The summed E-state index contributed by atoms with van der Waals surface area (Å²) in [6.07, 6.45) is 4.76. The van der Waals surface area contributed by atoms with Crippen molar-refractivity contribution in [2.75, 3.05) is 11.5 Å². The molecule has 208 valence electrons. The van der Waals surface area contributed by atoms with Gasteiger partial charge in [0.1, 0.15) is 29.9 Å². The number of rotatable bonds is 11. The second-order valence-electron chi connectivity index (χ2n) is 9.77. The lowest BCUT2D eigenvalue weighted by molar-refractivity contribution is -0.132. The fraction of sp³-hybridized carbons (Fsp3) is 0.206. The molecule has 1 unspecified atom stereocenters. The molecule has 1 fully saturated rings. The third kappa shape index (κ3) is 6.30. The number of benzene rings is 3. The lowest BCUT2D eigenvalue weighted by atomic mass is 9.98. The number of hydrogen-bond acceptors (Lipinski definition) is 6. The van der Waals surface area contributed by atoms with E-state index in [2.05, 4.69) is 11.9 Å². The van der Waals surface area contributed by atoms with E-state index in [1.807, 2.05) is 30.3 Å². The van der Waals surface area contributed by atoms with E-state index in [1.54, 1.807) is 72.9 Å². The number of Topliss-reactive ketones (excluding diaryl/α,β-unsaturated/α-hetero) is 1. The number of anilines is 1. The molecule has 1 saturated heterocycles. The number of unbranched alkanes of at least 4 members (excludes halogenated alkanes) is 2. The van der Waals surface area contributed by atoms with Gasteiger partial charge in [0.05, 0.1) is 17.9 Å². The summed E-state index contributed by atoms with van der Waals surface area (Å²) in [5, 5.41) is 11.4. The standard InChI is InChI=1S/C34H32N2O5/c1-2-3-9-22-40-27-17-13-25(14-18-27)32(37)30-31(29-12-7-8-21-35-29)36(34(39)33(30)38)26-15-19-28(20-16-26)41-23-24-10-5-4-6-11-24/h4-8,10-21,31,37H,2-3,9,22-23H2,1H3/b32-30-. The van der Waals surface area contributed by atoms with Crippen LogP contribution in [-0.4, -0.2) is 28.4 Å². The average Bonchev–Trinajstić information content (AvgIpc) is 3.29. The second-order valence-corrected chi connectivity index (χ2v) is 9.77. The summed E-state index contributed by atoms with van der Waals surface area (Å²) in [5.41, 5.74) is 2.39. The van der Waals surface area contributed by atoms with E-state index >= 15 is 0 Å². The summed E-state index contributed by atoms with van der Waals surface area (Å²) in [7, 11) is 0. The van der Waals surface area contributed by atoms with Gasteiger partial charge >= 0.3 is 0 Å². The number of ether oxygens (including phenoxy) is 2. The first-order valence-corrected chi connectivity index (χ1v) is 13.8. The van der Waals surface area contributed by atoms with Crippen LogP contribution in [0.3, 0.4) is 0 Å². The van der Waals surface area contributed by atoms with Gasteiger partial charge < -0.3 is 14.6 Å². The quantitative estimate of drug-likeness (QED) is 0.0954. The zero-order valence-electron chi connectivity index (χ0n) is 22.9. The van der Waals surface area contributed by atoms with Gasteiger partial charge in [0.25, 0.3) is 11.7 Å². The lowest BCUT2D eigenvalue weighted by Crippen LogP contribution is -2.29. The van der Waals surface area contributed by atoms with Crippen molar-refractivity contribution in [1.29, 1.82) is 0 Å². The predicted octanol–water partition coefficient (Wildman–Crippen LogP) is 6.86. The second kappa shape index (κ2) is 13.0. The van der Waals surface area contributed by atoms with E-state index in [0.29, 0.717) is 41.7 Å². The van der Waals surface area contributed by atoms with Gasteiger partial charge in [-0.25, -0.2) is 0 Å². The first-order valence-electron chi connectivity index (χ1n) is 13.8. The van der Waals surface area contributed by atoms with E-state index < -0.39 is 17.7 Å². The van der Waals surface area contributed by atoms with Gasteiger partial charge in [0, 0.05) is 17.4 Å². The van der Waals surface area contributed by atoms with Crippen LogP contribution >= 0.6 is 0 Å². The number of aliphatic hydroxyl groups excluding tert-OH is 1. The monoisotopic (exact) mass is 548 g/mol. The summed E-state index contributed by atoms with van der Waals surface area (Å²) in [4.78, 5) is 32.6. The molecule has 0 bridgehead atoms. The first kappa shape index (κ1) is 27.6. The van der Waals surface area contributed by atoms with Crippen molar-refractivity contribution in [2.24, 2.45) is 0 Å². The molecule has 0 saturated carbocycles. The van der Waals surface area contributed by atoms with E-state index in [9.17, 15) is 14.7 Å². The number of carbonyl (C=O) groups excluding carboxylic acids is 2. The molecule has 0 aliphatic carbocycles. The molecule has 1 aliphatic heterocycles. The maximum absolute atomic E-state index is 13.4. The Kier molecular flexibility index (Phi) is 8.74. The number of carbonyl (C=O) groups is 2. The van der Waals surface area contributed by atoms with Crippen LogP contribution in [0.25, 0.3) is 5.76 Å². The van der Waals surface area contributed by atoms with Gasteiger partial charge in [-0.05, 0) is 72.6 Å². The van der Waals surface area contributed by atoms with Crippen molar-refractivity contribution < 1.29 is 24.2 Å². The van der Waals surface area contributed by atoms with Gasteiger partial charge in [-0.1, -0.05) is 56.2 Å². The summed E-state index contributed by atoms with van der Waals surface area (Å²) in [6, 6.07) is 28.0. The minimum absolute atomic E-state index is 0.0188. The molecule has 2 heterocycles. The number of aromatic nitrogens is 1. The van der Waals surface area contributed by atoms with Crippen LogP contribution in [0, 0.1) is 0 Å². The number of amides is 1. The highest BCUT2D eigenvalue weighted by molar-refractivity contribution is 6.51. The number of hydrogen-bond donors (Lipinski definition) is 1. The number of pyridine rings is 1. The van der Waals surface area contributed by atoms with Crippen molar-refractivity contribution in [2.45, 2.75) is 38.8 Å². The summed E-state index contributed by atoms with van der Waals surface area (Å²) in [5.74, 6) is -0.477. The molecule has 1 atom stereocenters. The molecular weight excluding hydrogens is 516 g/mol. The minimum Gasteiger partial charge on any atom is -0.507 e. The van der Waals surface area contributed by atoms with Crippen LogP contribution in [0.1, 0.15) is 49.0 Å². The van der Waals surface area contributed by atoms with E-state index in [4.69, 9.17) is 9.47 Å². The molecule has 7 nitrogen and oxygen atoms in total. The van der Waals surface area contributed by atoms with Gasteiger partial charge in [-0.2, -0.15) is 0 Å². The van der Waals surface area contributed by atoms with Gasteiger partial charge in [0.2, 0.25) is 0 Å². The third-order valence-corrected chi connectivity index (χ3v) is 6.92.